The predicted octanol–water partition coefficient (Wildman–Crippen LogP) is 5.57. The van der Waals surface area contributed by atoms with Crippen LogP contribution in [-0.2, 0) is 24.9 Å². The lowest BCUT2D eigenvalue weighted by atomic mass is 9.97. The molecule has 0 saturated heterocycles. The van der Waals surface area contributed by atoms with Gasteiger partial charge in [-0.25, -0.2) is 13.8 Å². The number of nitrogens with zero attached hydrogens (tertiary/aromatic N) is 6. The number of hydrogen-bond acceptors (Lipinski definition) is 7. The monoisotopic (exact) mass is 604 g/mol. The van der Waals surface area contributed by atoms with E-state index in [-0.39, 0.29) is 29.9 Å². The number of aliphatic hydroxyl groups is 1. The van der Waals surface area contributed by atoms with Gasteiger partial charge in [-0.1, -0.05) is 6.58 Å². The molecule has 0 radical (unpaired) electrons. The summed E-state index contributed by atoms with van der Waals surface area (Å²) in [6, 6.07) is 5.54. The third-order valence-corrected chi connectivity index (χ3v) is 8.23. The summed E-state index contributed by atoms with van der Waals surface area (Å²) in [6.45, 7) is 9.22. The van der Waals surface area contributed by atoms with E-state index in [0.29, 0.717) is 40.4 Å². The first-order chi connectivity index (χ1) is 20.4. The normalized spacial score (nSPS) is 15.1. The van der Waals surface area contributed by atoms with Gasteiger partial charge in [0.25, 0.3) is 0 Å². The quantitative estimate of drug-likeness (QED) is 0.244. The molecule has 9 nitrogen and oxygen atoms in total. The van der Waals surface area contributed by atoms with Gasteiger partial charge in [-0.15, -0.1) is 11.3 Å². The Balaban J connectivity index is 1.62. The molecule has 6 rings (SSSR count). The Hall–Kier alpha value is -4.42. The fourth-order valence-electron chi connectivity index (χ4n) is 5.31. The number of hydrogen-bond donors (Lipinski definition) is 1. The standard InChI is InChI=1S/C31H30F2N6O3S/c1-6-25(40)38-15-20-11-23(36-39(20)13-17(38)2)29-27(26-22(33)9-19(32)10-24(26)42-16-31(3,4)41)30-21(7-8-43-30)28(35-29)18-12-34-37(5)14-18/h6-12,14,17,41H,1,13,15-16H2,2-5H3/t17-/m1/s1. The van der Waals surface area contributed by atoms with E-state index in [4.69, 9.17) is 14.8 Å². The molecule has 5 aromatic rings. The molecule has 4 aromatic heterocycles. The summed E-state index contributed by atoms with van der Waals surface area (Å²) < 4.78 is 40.6. The molecule has 1 aromatic carbocycles. The number of carbonyl (C=O) groups is 1. The number of thiophene rings is 1. The maximum atomic E-state index is 15.9. The Kier molecular flexibility index (Phi) is 7.13. The van der Waals surface area contributed by atoms with Gasteiger partial charge in [-0.3, -0.25) is 14.2 Å². The molecule has 1 N–H and O–H groups in total. The SMILES string of the molecule is C=CC(=O)N1Cc2cc(-c3nc(-c4cnn(C)c4)c4ccsc4c3-c3c(F)cc(F)cc3OCC(C)(C)O)nn2C[C@H]1C. The van der Waals surface area contributed by atoms with Crippen molar-refractivity contribution < 1.29 is 23.4 Å². The summed E-state index contributed by atoms with van der Waals surface area (Å²) in [5, 5.41) is 22.2. The van der Waals surface area contributed by atoms with Crippen LogP contribution in [0.4, 0.5) is 8.78 Å². The van der Waals surface area contributed by atoms with Crippen molar-refractivity contribution in [2.45, 2.75) is 45.5 Å². The van der Waals surface area contributed by atoms with E-state index < -0.39 is 17.2 Å². The molecule has 1 aliphatic rings. The fourth-order valence-corrected chi connectivity index (χ4v) is 6.26. The maximum Gasteiger partial charge on any atom is 0.246 e. The molecule has 0 bridgehead atoms. The predicted molar refractivity (Wildman–Crippen MR) is 160 cm³/mol. The number of benzene rings is 1. The van der Waals surface area contributed by atoms with Crippen LogP contribution in [0, 0.1) is 11.6 Å². The summed E-state index contributed by atoms with van der Waals surface area (Å²) in [4.78, 5) is 19.3. The van der Waals surface area contributed by atoms with Crippen LogP contribution in [0.1, 0.15) is 26.5 Å². The molecule has 0 saturated carbocycles. The Bertz CT molecular complexity index is 1890. The number of pyridine rings is 1. The van der Waals surface area contributed by atoms with Crippen LogP contribution in [0.5, 0.6) is 5.75 Å². The van der Waals surface area contributed by atoms with Gasteiger partial charge in [-0.05, 0) is 44.4 Å². The van der Waals surface area contributed by atoms with Gasteiger partial charge in [-0.2, -0.15) is 10.2 Å². The molecule has 0 aliphatic carbocycles. The lowest BCUT2D eigenvalue weighted by molar-refractivity contribution is -0.129. The largest absolute Gasteiger partial charge is 0.490 e. The molecule has 5 heterocycles. The molecule has 1 amide bonds. The van der Waals surface area contributed by atoms with Crippen LogP contribution >= 0.6 is 11.3 Å². The molecule has 222 valence electrons. The third kappa shape index (κ3) is 5.32. The van der Waals surface area contributed by atoms with Gasteiger partial charge in [0.05, 0.1) is 41.8 Å². The van der Waals surface area contributed by atoms with Crippen molar-refractivity contribution in [3.05, 3.63) is 72.0 Å². The van der Waals surface area contributed by atoms with E-state index in [1.54, 1.807) is 29.6 Å². The van der Waals surface area contributed by atoms with E-state index in [2.05, 4.69) is 11.7 Å². The molecule has 1 aliphatic heterocycles. The minimum absolute atomic E-state index is 0.0149. The molecular formula is C31H30F2N6O3S. The Labute approximate surface area is 250 Å². The zero-order valence-electron chi connectivity index (χ0n) is 24.1. The lowest BCUT2D eigenvalue weighted by Crippen LogP contribution is -2.44. The second-order valence-electron chi connectivity index (χ2n) is 11.3. The van der Waals surface area contributed by atoms with Crippen molar-refractivity contribution in [2.75, 3.05) is 6.61 Å². The van der Waals surface area contributed by atoms with Gasteiger partial charge in [0, 0.05) is 52.6 Å². The van der Waals surface area contributed by atoms with Crippen LogP contribution in [0.25, 0.3) is 43.9 Å². The first-order valence-electron chi connectivity index (χ1n) is 13.7. The van der Waals surface area contributed by atoms with Crippen LogP contribution in [-0.4, -0.2) is 58.7 Å². The minimum atomic E-state index is -1.25. The zero-order valence-corrected chi connectivity index (χ0v) is 25.0. The summed E-state index contributed by atoms with van der Waals surface area (Å²) >= 11 is 1.39. The first-order valence-corrected chi connectivity index (χ1v) is 14.6. The van der Waals surface area contributed by atoms with E-state index in [0.717, 1.165) is 28.8 Å². The number of carbonyl (C=O) groups excluding carboxylic acids is 1. The van der Waals surface area contributed by atoms with Gasteiger partial charge in [0.1, 0.15) is 35.4 Å². The number of fused-ring (bicyclic) bond motifs is 2. The fraction of sp³-hybridized carbons (Fsp3) is 0.290. The molecule has 12 heteroatoms. The summed E-state index contributed by atoms with van der Waals surface area (Å²) in [6.07, 6.45) is 4.84. The highest BCUT2D eigenvalue weighted by atomic mass is 32.1. The smallest absolute Gasteiger partial charge is 0.246 e. The molecule has 0 unspecified atom stereocenters. The molecule has 1 atom stereocenters. The van der Waals surface area contributed by atoms with E-state index >= 15 is 4.39 Å². The minimum Gasteiger partial charge on any atom is -0.490 e. The van der Waals surface area contributed by atoms with Crippen LogP contribution in [0.2, 0.25) is 0 Å². The molecule has 0 fully saturated rings. The van der Waals surface area contributed by atoms with Gasteiger partial charge >= 0.3 is 0 Å². The van der Waals surface area contributed by atoms with Gasteiger partial charge in [0.15, 0.2) is 0 Å². The lowest BCUT2D eigenvalue weighted by Gasteiger charge is -2.33. The van der Waals surface area contributed by atoms with Crippen LogP contribution in [0.3, 0.4) is 0 Å². The molecular weight excluding hydrogens is 574 g/mol. The highest BCUT2D eigenvalue weighted by molar-refractivity contribution is 7.18. The second-order valence-corrected chi connectivity index (χ2v) is 12.3. The van der Waals surface area contributed by atoms with Crippen molar-refractivity contribution in [2.24, 2.45) is 7.05 Å². The average molecular weight is 605 g/mol. The summed E-state index contributed by atoms with van der Waals surface area (Å²) in [7, 11) is 1.81. The highest BCUT2D eigenvalue weighted by Crippen LogP contribution is 2.47. The third-order valence-electron chi connectivity index (χ3n) is 7.30. The highest BCUT2D eigenvalue weighted by Gasteiger charge is 2.31. The summed E-state index contributed by atoms with van der Waals surface area (Å²) in [5.74, 6) is -1.89. The number of rotatable bonds is 7. The number of halogens is 2. The van der Waals surface area contributed by atoms with Crippen molar-refractivity contribution in [3.63, 3.8) is 0 Å². The van der Waals surface area contributed by atoms with Crippen molar-refractivity contribution >= 4 is 27.3 Å². The van der Waals surface area contributed by atoms with E-state index in [1.807, 2.05) is 42.4 Å². The van der Waals surface area contributed by atoms with Crippen molar-refractivity contribution in [1.29, 1.82) is 0 Å². The first kappa shape index (κ1) is 28.7. The van der Waals surface area contributed by atoms with Gasteiger partial charge < -0.3 is 14.7 Å². The zero-order chi connectivity index (χ0) is 30.6. The second kappa shape index (κ2) is 10.7. The Morgan fingerprint density at radius 2 is 2.05 bits per heavy atom. The number of amides is 1. The Morgan fingerprint density at radius 1 is 1.26 bits per heavy atom. The van der Waals surface area contributed by atoms with E-state index in [1.165, 1.54) is 17.4 Å². The van der Waals surface area contributed by atoms with Crippen molar-refractivity contribution in [1.82, 2.24) is 29.4 Å². The van der Waals surface area contributed by atoms with Crippen LogP contribution in [0.15, 0.2) is 54.7 Å². The average Bonchev–Trinajstić information content (AvgIpc) is 3.69. The van der Waals surface area contributed by atoms with Crippen LogP contribution < -0.4 is 4.74 Å². The van der Waals surface area contributed by atoms with Gasteiger partial charge in [0.2, 0.25) is 5.91 Å². The maximum absolute atomic E-state index is 15.9. The Morgan fingerprint density at radius 3 is 2.74 bits per heavy atom. The van der Waals surface area contributed by atoms with E-state index in [9.17, 15) is 14.3 Å². The summed E-state index contributed by atoms with van der Waals surface area (Å²) in [5.41, 5.74) is 2.15. The molecule has 0 spiro atoms. The topological polar surface area (TPSA) is 98.3 Å². The number of ether oxygens (including phenoxy) is 1. The van der Waals surface area contributed by atoms with Crippen molar-refractivity contribution in [3.8, 4) is 39.5 Å². The number of aryl methyl sites for hydroxylation is 1. The molecule has 43 heavy (non-hydrogen) atoms. The number of aromatic nitrogens is 5.